The molecule has 1 heterocycles. The van der Waals surface area contributed by atoms with Gasteiger partial charge >= 0.3 is 0 Å². The second-order valence-electron chi connectivity index (χ2n) is 12.8. The molecule has 1 N–H and O–H groups in total. The molecule has 0 bridgehead atoms. The number of nitrogens with zero attached hydrogens (tertiary/aromatic N) is 1. The SMILES string of the molecule is CCC(CC)C(=O)/C=C(\O)C(CC)CC.Cc1[c-]c(-c2nccc3c2ccc2c(OCC(C)(C)C)cccc23)cc(C)c1.[Ir]. The molecule has 1 radical (unpaired) electrons. The standard InChI is InChI=1S/C26H26NO.C13H24O2.Ir/c1-17-13-18(2)15-19(14-17)25-23-10-9-22-20(21(23)11-12-27-25)7-6-8-24(22)28-16-26(3,4)5;1-5-10(6-2)12(14)9-13(15)11(7-3)8-4;/h6-14H,16H2,1-5H3;9-11,14H,5-8H2,1-4H3;/q-1;;/b;12-9-;. The first-order valence-electron chi connectivity index (χ1n) is 15.8. The summed E-state index contributed by atoms with van der Waals surface area (Å²) in [6, 6.07) is 20.5. The van der Waals surface area contributed by atoms with Crippen LogP contribution < -0.4 is 4.74 Å². The molecule has 0 spiro atoms. The molecule has 3 aromatic carbocycles. The monoisotopic (exact) mass is 773 g/mol. The Bertz CT molecular complexity index is 1540. The predicted molar refractivity (Wildman–Crippen MR) is 182 cm³/mol. The molecule has 0 aliphatic carbocycles. The number of hydrogen-bond donors (Lipinski definition) is 1. The second kappa shape index (κ2) is 16.9. The molecule has 4 nitrogen and oxygen atoms in total. The third kappa shape index (κ3) is 9.74. The smallest absolute Gasteiger partial charge is 0.162 e. The van der Waals surface area contributed by atoms with Crippen LogP contribution in [0.3, 0.4) is 0 Å². The maximum absolute atomic E-state index is 11.7. The van der Waals surface area contributed by atoms with Gasteiger partial charge in [-0.1, -0.05) is 86.6 Å². The van der Waals surface area contributed by atoms with Crippen LogP contribution in [0.15, 0.2) is 66.6 Å². The number of aliphatic hydroxyl groups is 1. The minimum atomic E-state index is 0. The summed E-state index contributed by atoms with van der Waals surface area (Å²) in [6.45, 7) is 19.5. The molecule has 0 amide bonds. The Labute approximate surface area is 278 Å². The molecule has 5 heteroatoms. The fourth-order valence-corrected chi connectivity index (χ4v) is 5.43. The molecule has 1 aromatic heterocycles. The zero-order valence-corrected chi connectivity index (χ0v) is 30.4. The van der Waals surface area contributed by atoms with Crippen LogP contribution in [0.25, 0.3) is 32.8 Å². The molecule has 44 heavy (non-hydrogen) atoms. The van der Waals surface area contributed by atoms with Gasteiger partial charge in [0.2, 0.25) is 0 Å². The number of hydrogen-bond acceptors (Lipinski definition) is 4. The molecule has 0 fully saturated rings. The van der Waals surface area contributed by atoms with Crippen LogP contribution in [0.1, 0.15) is 85.3 Å². The number of carbonyl (C=O) groups is 1. The van der Waals surface area contributed by atoms with E-state index in [9.17, 15) is 9.90 Å². The van der Waals surface area contributed by atoms with E-state index < -0.39 is 0 Å². The van der Waals surface area contributed by atoms with E-state index in [0.717, 1.165) is 59.0 Å². The average molecular weight is 773 g/mol. The molecule has 239 valence electrons. The molecule has 0 aliphatic heterocycles. The van der Waals surface area contributed by atoms with Gasteiger partial charge in [-0.2, -0.15) is 0 Å². The van der Waals surface area contributed by atoms with E-state index in [4.69, 9.17) is 9.72 Å². The number of allylic oxidation sites excluding steroid dienone is 2. The number of ketones is 1. The van der Waals surface area contributed by atoms with Gasteiger partial charge in [-0.05, 0) is 65.1 Å². The molecule has 0 atom stereocenters. The van der Waals surface area contributed by atoms with Crippen LogP contribution in [0.2, 0.25) is 0 Å². The molecule has 0 saturated carbocycles. The maximum atomic E-state index is 11.7. The maximum Gasteiger partial charge on any atom is 0.162 e. The zero-order valence-electron chi connectivity index (χ0n) is 28.0. The van der Waals surface area contributed by atoms with Gasteiger partial charge in [0.1, 0.15) is 5.75 Å². The summed E-state index contributed by atoms with van der Waals surface area (Å²) < 4.78 is 6.16. The number of pyridine rings is 1. The summed E-state index contributed by atoms with van der Waals surface area (Å²) in [5, 5.41) is 14.4. The number of fused-ring (bicyclic) bond motifs is 3. The van der Waals surface area contributed by atoms with E-state index in [1.165, 1.54) is 22.4 Å². The molecule has 4 aromatic rings. The normalized spacial score (nSPS) is 11.8. The second-order valence-corrected chi connectivity index (χ2v) is 12.8. The number of aliphatic hydroxyl groups excluding tert-OH is 1. The first-order chi connectivity index (χ1) is 20.4. The van der Waals surface area contributed by atoms with Gasteiger partial charge in [-0.25, -0.2) is 0 Å². The van der Waals surface area contributed by atoms with Gasteiger partial charge in [0.05, 0.1) is 12.4 Å². The van der Waals surface area contributed by atoms with Gasteiger partial charge in [0.15, 0.2) is 5.78 Å². The summed E-state index contributed by atoms with van der Waals surface area (Å²) in [7, 11) is 0. The average Bonchev–Trinajstić information content (AvgIpc) is 2.96. The van der Waals surface area contributed by atoms with E-state index >= 15 is 0 Å². The number of carbonyl (C=O) groups excluding carboxylic acids is 1. The molecule has 4 rings (SSSR count). The fraction of sp³-hybridized carbons (Fsp3) is 0.436. The van der Waals surface area contributed by atoms with Gasteiger partial charge in [-0.15, -0.1) is 34.9 Å². The van der Waals surface area contributed by atoms with E-state index in [2.05, 4.69) is 89.2 Å². The van der Waals surface area contributed by atoms with E-state index in [1.54, 1.807) is 0 Å². The molecule has 0 unspecified atom stereocenters. The topological polar surface area (TPSA) is 59.4 Å². The van der Waals surface area contributed by atoms with Gasteiger partial charge in [-0.3, -0.25) is 4.79 Å². The van der Waals surface area contributed by atoms with Crippen LogP contribution in [0.5, 0.6) is 5.75 Å². The van der Waals surface area contributed by atoms with Crippen molar-refractivity contribution in [3.8, 4) is 17.0 Å². The molecular weight excluding hydrogens is 723 g/mol. The van der Waals surface area contributed by atoms with Crippen LogP contribution >= 0.6 is 0 Å². The van der Waals surface area contributed by atoms with E-state index in [1.807, 2.05) is 33.9 Å². The first kappa shape index (κ1) is 37.2. The van der Waals surface area contributed by atoms with Gasteiger partial charge < -0.3 is 14.8 Å². The molecule has 0 saturated heterocycles. The fourth-order valence-electron chi connectivity index (χ4n) is 5.43. The van der Waals surface area contributed by atoms with Crippen LogP contribution in [-0.2, 0) is 24.9 Å². The Morgan fingerprint density at radius 2 is 1.50 bits per heavy atom. The molecule has 0 aliphatic rings. The summed E-state index contributed by atoms with van der Waals surface area (Å²) in [6.07, 6.45) is 6.80. The van der Waals surface area contributed by atoms with Crippen LogP contribution in [-0.4, -0.2) is 22.5 Å². The Kier molecular flexibility index (Phi) is 14.3. The van der Waals surface area contributed by atoms with Crippen molar-refractivity contribution in [1.82, 2.24) is 4.98 Å². The molecular formula is C39H50IrNO3-. The van der Waals surface area contributed by atoms with Crippen LogP contribution in [0, 0.1) is 37.2 Å². The van der Waals surface area contributed by atoms with Crippen molar-refractivity contribution in [3.63, 3.8) is 0 Å². The first-order valence-corrected chi connectivity index (χ1v) is 15.8. The summed E-state index contributed by atoms with van der Waals surface area (Å²) in [5.74, 6) is 1.48. The number of aryl methyl sites for hydroxylation is 2. The van der Waals surface area contributed by atoms with Crippen molar-refractivity contribution in [2.45, 2.75) is 88.0 Å². The van der Waals surface area contributed by atoms with Crippen molar-refractivity contribution >= 4 is 27.3 Å². The predicted octanol–water partition coefficient (Wildman–Crippen LogP) is 10.8. The van der Waals surface area contributed by atoms with Crippen molar-refractivity contribution < 1.29 is 34.7 Å². The van der Waals surface area contributed by atoms with Gasteiger partial charge in [0.25, 0.3) is 0 Å². The number of rotatable bonds is 10. The minimum absolute atomic E-state index is 0. The number of aromatic nitrogens is 1. The van der Waals surface area contributed by atoms with Gasteiger partial charge in [0, 0.05) is 49.6 Å². The Hall–Kier alpha value is -3.01. The minimum Gasteiger partial charge on any atom is -0.512 e. The van der Waals surface area contributed by atoms with Crippen molar-refractivity contribution in [1.29, 1.82) is 0 Å². The van der Waals surface area contributed by atoms with Crippen molar-refractivity contribution in [2.24, 2.45) is 17.3 Å². The van der Waals surface area contributed by atoms with Crippen LogP contribution in [0.4, 0.5) is 0 Å². The van der Waals surface area contributed by atoms with E-state index in [0.29, 0.717) is 6.61 Å². The summed E-state index contributed by atoms with van der Waals surface area (Å²) >= 11 is 0. The Morgan fingerprint density at radius 1 is 0.886 bits per heavy atom. The number of benzene rings is 3. The largest absolute Gasteiger partial charge is 0.512 e. The summed E-state index contributed by atoms with van der Waals surface area (Å²) in [4.78, 5) is 16.4. The summed E-state index contributed by atoms with van der Waals surface area (Å²) in [5.41, 5.74) is 4.50. The third-order valence-electron chi connectivity index (χ3n) is 7.91. The Balaban J connectivity index is 0.000000363. The Morgan fingerprint density at radius 3 is 2.09 bits per heavy atom. The van der Waals surface area contributed by atoms with E-state index in [-0.39, 0.29) is 48.9 Å². The van der Waals surface area contributed by atoms with Crippen molar-refractivity contribution in [2.75, 3.05) is 6.61 Å². The quantitative estimate of drug-likeness (QED) is 0.0755. The number of ether oxygens (including phenoxy) is 1. The third-order valence-corrected chi connectivity index (χ3v) is 7.91. The van der Waals surface area contributed by atoms with Crippen molar-refractivity contribution in [3.05, 3.63) is 83.8 Å². The zero-order chi connectivity index (χ0) is 31.7.